The Labute approximate surface area is 256 Å². The average Bonchev–Trinajstić information content (AvgIpc) is 3.46. The minimum Gasteiger partial charge on any atom is -0.489 e. The molecule has 3 heterocycles. The number of likely N-dealkylation sites (tertiary alicyclic amines) is 1. The van der Waals surface area contributed by atoms with Crippen molar-refractivity contribution in [2.45, 2.75) is 77.7 Å². The number of aliphatic hydroxyl groups is 1. The van der Waals surface area contributed by atoms with E-state index in [1.807, 2.05) is 34.6 Å². The Hall–Kier alpha value is -4.51. The number of benzene rings is 2. The fraction of sp³-hybridized carbons (Fsp3) is 0.424. The van der Waals surface area contributed by atoms with Crippen molar-refractivity contribution >= 4 is 22.8 Å². The maximum Gasteiger partial charge on any atom is 0.410 e. The molecule has 1 aliphatic heterocycles. The number of ether oxygens (including phenoxy) is 2. The van der Waals surface area contributed by atoms with Crippen LogP contribution in [0.25, 0.3) is 16.6 Å². The maximum atomic E-state index is 14.2. The van der Waals surface area contributed by atoms with Crippen LogP contribution in [0.4, 0.5) is 4.79 Å². The molecule has 11 heteroatoms. The summed E-state index contributed by atoms with van der Waals surface area (Å²) >= 11 is 0. The molecule has 2 aromatic heterocycles. The lowest BCUT2D eigenvalue weighted by Crippen LogP contribution is -2.49. The van der Waals surface area contributed by atoms with Gasteiger partial charge in [0.05, 0.1) is 41.2 Å². The Bertz CT molecular complexity index is 1710. The molecule has 0 radical (unpaired) electrons. The van der Waals surface area contributed by atoms with Crippen molar-refractivity contribution in [1.82, 2.24) is 24.0 Å². The first kappa shape index (κ1) is 30.9. The van der Waals surface area contributed by atoms with Gasteiger partial charge in [0, 0.05) is 37.5 Å². The van der Waals surface area contributed by atoms with Crippen LogP contribution in [0.1, 0.15) is 63.6 Å². The molecule has 0 unspecified atom stereocenters. The van der Waals surface area contributed by atoms with Gasteiger partial charge < -0.3 is 24.0 Å². The second-order valence-corrected chi connectivity index (χ2v) is 12.6. The quantitative estimate of drug-likeness (QED) is 0.291. The summed E-state index contributed by atoms with van der Waals surface area (Å²) in [5.74, 6) is 0.568. The fourth-order valence-electron chi connectivity index (χ4n) is 5.31. The first-order valence-corrected chi connectivity index (χ1v) is 14.8. The molecular formula is C33H39N5O6. The number of imidazole rings is 1. The third-order valence-corrected chi connectivity index (χ3v) is 7.45. The number of hydrogen-bond acceptors (Lipinski definition) is 8. The van der Waals surface area contributed by atoms with Crippen LogP contribution in [-0.4, -0.2) is 71.4 Å². The zero-order valence-electron chi connectivity index (χ0n) is 25.8. The molecule has 1 amide bonds. The number of amides is 1. The lowest BCUT2D eigenvalue weighted by atomic mass is 9.87. The SMILES string of the molecule is CC(C)Oc1ccc(C(=O)Cn2ccnc2)cc1-n1c(CC2(O)CCN(C(=O)OC(C)(C)C)CC2)nc2ccccc2c1=O. The molecule has 0 saturated carbocycles. The number of fused-ring (bicyclic) bond motifs is 1. The van der Waals surface area contributed by atoms with E-state index >= 15 is 0 Å². The molecule has 5 rings (SSSR count). The van der Waals surface area contributed by atoms with Crippen LogP contribution < -0.4 is 10.3 Å². The van der Waals surface area contributed by atoms with E-state index in [-0.39, 0.29) is 43.3 Å². The lowest BCUT2D eigenvalue weighted by Gasteiger charge is -2.38. The average molecular weight is 602 g/mol. The summed E-state index contributed by atoms with van der Waals surface area (Å²) in [6, 6.07) is 12.1. The first-order chi connectivity index (χ1) is 20.8. The molecule has 11 nitrogen and oxygen atoms in total. The van der Waals surface area contributed by atoms with Gasteiger partial charge in [-0.05, 0) is 77.8 Å². The zero-order chi connectivity index (χ0) is 31.6. The van der Waals surface area contributed by atoms with Gasteiger partial charge in [0.25, 0.3) is 5.56 Å². The highest BCUT2D eigenvalue weighted by molar-refractivity contribution is 5.96. The molecule has 44 heavy (non-hydrogen) atoms. The van der Waals surface area contributed by atoms with E-state index in [4.69, 9.17) is 14.5 Å². The van der Waals surface area contributed by atoms with E-state index < -0.39 is 17.3 Å². The van der Waals surface area contributed by atoms with Crippen molar-refractivity contribution < 1.29 is 24.2 Å². The van der Waals surface area contributed by atoms with Gasteiger partial charge in [-0.15, -0.1) is 0 Å². The van der Waals surface area contributed by atoms with Crippen LogP contribution in [0, 0.1) is 0 Å². The maximum absolute atomic E-state index is 14.2. The van der Waals surface area contributed by atoms with Crippen molar-refractivity contribution in [3.05, 3.63) is 82.9 Å². The molecule has 1 N–H and O–H groups in total. The van der Waals surface area contributed by atoms with Crippen molar-refractivity contribution in [1.29, 1.82) is 0 Å². The van der Waals surface area contributed by atoms with Crippen molar-refractivity contribution in [2.75, 3.05) is 13.1 Å². The number of Topliss-reactive ketones (excluding diaryl/α,β-unsaturated/α-hetero) is 1. The summed E-state index contributed by atoms with van der Waals surface area (Å²) in [6.45, 7) is 9.87. The van der Waals surface area contributed by atoms with E-state index in [1.54, 1.807) is 70.7 Å². The smallest absolute Gasteiger partial charge is 0.410 e. The van der Waals surface area contributed by atoms with E-state index in [0.717, 1.165) is 0 Å². The van der Waals surface area contributed by atoms with Gasteiger partial charge in [-0.1, -0.05) is 12.1 Å². The predicted octanol–water partition coefficient (Wildman–Crippen LogP) is 4.56. The van der Waals surface area contributed by atoms with E-state index in [9.17, 15) is 19.5 Å². The number of carbonyl (C=O) groups is 2. The van der Waals surface area contributed by atoms with E-state index in [0.29, 0.717) is 46.8 Å². The summed E-state index contributed by atoms with van der Waals surface area (Å²) in [6.07, 6.45) is 4.83. The van der Waals surface area contributed by atoms with Crippen molar-refractivity contribution in [3.63, 3.8) is 0 Å². The molecule has 0 aliphatic carbocycles. The van der Waals surface area contributed by atoms with Gasteiger partial charge >= 0.3 is 6.09 Å². The predicted molar refractivity (Wildman–Crippen MR) is 165 cm³/mol. The minimum atomic E-state index is -1.24. The molecule has 1 saturated heterocycles. The Morgan fingerprint density at radius 1 is 1.09 bits per heavy atom. The van der Waals surface area contributed by atoms with Gasteiger partial charge in [0.2, 0.25) is 0 Å². The van der Waals surface area contributed by atoms with Gasteiger partial charge in [-0.25, -0.2) is 14.8 Å². The van der Waals surface area contributed by atoms with Gasteiger partial charge in [0.15, 0.2) is 5.78 Å². The van der Waals surface area contributed by atoms with Crippen LogP contribution in [-0.2, 0) is 17.7 Å². The minimum absolute atomic E-state index is 0.0452. The number of hydrogen-bond donors (Lipinski definition) is 1. The summed E-state index contributed by atoms with van der Waals surface area (Å²) < 4.78 is 14.8. The number of carbonyl (C=O) groups excluding carboxylic acids is 2. The first-order valence-electron chi connectivity index (χ1n) is 14.8. The van der Waals surface area contributed by atoms with E-state index in [1.165, 1.54) is 4.57 Å². The van der Waals surface area contributed by atoms with Crippen molar-refractivity contribution in [2.24, 2.45) is 0 Å². The van der Waals surface area contributed by atoms with Crippen LogP contribution in [0.3, 0.4) is 0 Å². The lowest BCUT2D eigenvalue weighted by molar-refractivity contribution is -0.0327. The Kier molecular flexibility index (Phi) is 8.60. The fourth-order valence-corrected chi connectivity index (χ4v) is 5.31. The number of aromatic nitrogens is 4. The van der Waals surface area contributed by atoms with Gasteiger partial charge in [0.1, 0.15) is 17.2 Å². The highest BCUT2D eigenvalue weighted by atomic mass is 16.6. The highest BCUT2D eigenvalue weighted by Gasteiger charge is 2.37. The largest absolute Gasteiger partial charge is 0.489 e. The van der Waals surface area contributed by atoms with Crippen molar-refractivity contribution in [3.8, 4) is 11.4 Å². The molecule has 232 valence electrons. The number of piperidine rings is 1. The standard InChI is InChI=1S/C33H39N5O6/c1-22(2)43-28-11-10-23(27(39)20-36-17-14-34-21-36)18-26(28)38-29(35-25-9-7-6-8-24(25)30(38)40)19-33(42)12-15-37(16-13-33)31(41)44-32(3,4)5/h6-11,14,17-18,21-22,42H,12-13,15-16,19-20H2,1-5H3. The Morgan fingerprint density at radius 2 is 1.82 bits per heavy atom. The second-order valence-electron chi connectivity index (χ2n) is 12.6. The molecule has 4 aromatic rings. The number of ketones is 1. The molecule has 1 fully saturated rings. The molecule has 1 aliphatic rings. The molecule has 0 atom stereocenters. The molecular weight excluding hydrogens is 562 g/mol. The Morgan fingerprint density at radius 3 is 2.48 bits per heavy atom. The van der Waals surface area contributed by atoms with E-state index in [2.05, 4.69) is 4.98 Å². The van der Waals surface area contributed by atoms with Crippen LogP contribution in [0.2, 0.25) is 0 Å². The molecule has 2 aromatic carbocycles. The number of para-hydroxylation sites is 1. The summed E-state index contributed by atoms with van der Waals surface area (Å²) in [7, 11) is 0. The highest BCUT2D eigenvalue weighted by Crippen LogP contribution is 2.31. The second kappa shape index (κ2) is 12.2. The van der Waals surface area contributed by atoms with Crippen LogP contribution in [0.5, 0.6) is 5.75 Å². The zero-order valence-corrected chi connectivity index (χ0v) is 25.8. The third-order valence-electron chi connectivity index (χ3n) is 7.45. The Balaban J connectivity index is 1.55. The topological polar surface area (TPSA) is 129 Å². The molecule has 0 spiro atoms. The summed E-state index contributed by atoms with van der Waals surface area (Å²) in [4.78, 5) is 50.5. The summed E-state index contributed by atoms with van der Waals surface area (Å²) in [5, 5.41) is 12.2. The van der Waals surface area contributed by atoms with Crippen LogP contribution >= 0.6 is 0 Å². The van der Waals surface area contributed by atoms with Gasteiger partial charge in [-0.2, -0.15) is 0 Å². The van der Waals surface area contributed by atoms with Gasteiger partial charge in [-0.3, -0.25) is 14.2 Å². The third kappa shape index (κ3) is 6.99. The summed E-state index contributed by atoms with van der Waals surface area (Å²) in [5.41, 5.74) is -0.954. The van der Waals surface area contributed by atoms with Crippen LogP contribution in [0.15, 0.2) is 66.0 Å². The number of nitrogens with zero attached hydrogens (tertiary/aromatic N) is 5. The molecule has 0 bridgehead atoms. The number of rotatable bonds is 8. The normalized spacial score (nSPS) is 15.0. The monoisotopic (exact) mass is 601 g/mol.